The normalized spacial score (nSPS) is 18.8. The zero-order valence-corrected chi connectivity index (χ0v) is 9.86. The number of hydrogen-bond acceptors (Lipinski definition) is 3. The monoisotopic (exact) mass is 251 g/mol. The molecule has 88 valence electrons. The largest absolute Gasteiger partial charge is 0.497 e. The molecule has 1 aliphatic rings. The molecule has 1 heterocycles. The van der Waals surface area contributed by atoms with E-state index in [1.54, 1.807) is 25.3 Å². The third-order valence-electron chi connectivity index (χ3n) is 2.61. The van der Waals surface area contributed by atoms with Crippen molar-refractivity contribution in [2.75, 3.05) is 13.7 Å². The predicted octanol–water partition coefficient (Wildman–Crippen LogP) is 1.90. The number of hydrogen-bond donors (Lipinski definition) is 1. The Morgan fingerprint density at radius 3 is 2.94 bits per heavy atom. The van der Waals surface area contributed by atoms with E-state index in [-0.39, 0.29) is 6.04 Å². The number of nitriles is 1. The van der Waals surface area contributed by atoms with Crippen LogP contribution in [0, 0.1) is 11.5 Å². The second-order valence-electron chi connectivity index (χ2n) is 3.60. The molecule has 1 N–H and O–H groups in total. The SMILES string of the molecule is COc1ccc(C2CN(C#N)C(=O)N2)c(Cl)c1. The van der Waals surface area contributed by atoms with Gasteiger partial charge in [0.1, 0.15) is 5.75 Å². The molecule has 0 bridgehead atoms. The van der Waals surface area contributed by atoms with Crippen LogP contribution in [0.1, 0.15) is 11.6 Å². The number of halogens is 1. The van der Waals surface area contributed by atoms with Crippen LogP contribution >= 0.6 is 11.6 Å². The topological polar surface area (TPSA) is 65.4 Å². The van der Waals surface area contributed by atoms with Gasteiger partial charge < -0.3 is 10.1 Å². The van der Waals surface area contributed by atoms with Crippen molar-refractivity contribution in [3.05, 3.63) is 28.8 Å². The van der Waals surface area contributed by atoms with Crippen molar-refractivity contribution in [1.82, 2.24) is 10.2 Å². The van der Waals surface area contributed by atoms with Crippen molar-refractivity contribution >= 4 is 17.6 Å². The smallest absolute Gasteiger partial charge is 0.331 e. The molecule has 17 heavy (non-hydrogen) atoms. The van der Waals surface area contributed by atoms with E-state index in [0.29, 0.717) is 17.3 Å². The van der Waals surface area contributed by atoms with Gasteiger partial charge in [-0.25, -0.2) is 9.69 Å². The number of methoxy groups -OCH3 is 1. The van der Waals surface area contributed by atoms with Crippen molar-refractivity contribution in [3.63, 3.8) is 0 Å². The second kappa shape index (κ2) is 4.52. The highest BCUT2D eigenvalue weighted by Crippen LogP contribution is 2.29. The standard InChI is InChI=1S/C11H10ClN3O2/c1-17-7-2-3-8(9(12)4-7)10-5-15(6-13)11(16)14-10/h2-4,10H,5H2,1H3,(H,14,16). The van der Waals surface area contributed by atoms with E-state index in [2.05, 4.69) is 5.32 Å². The number of nitrogens with zero attached hydrogens (tertiary/aromatic N) is 2. The highest BCUT2D eigenvalue weighted by atomic mass is 35.5. The number of rotatable bonds is 2. The molecule has 1 aromatic rings. The van der Waals surface area contributed by atoms with Gasteiger partial charge in [-0.1, -0.05) is 17.7 Å². The zero-order valence-electron chi connectivity index (χ0n) is 9.11. The van der Waals surface area contributed by atoms with Crippen LogP contribution in [0.4, 0.5) is 4.79 Å². The Morgan fingerprint density at radius 2 is 2.41 bits per heavy atom. The van der Waals surface area contributed by atoms with Gasteiger partial charge in [-0.15, -0.1) is 0 Å². The van der Waals surface area contributed by atoms with Gasteiger partial charge in [-0.2, -0.15) is 5.26 Å². The molecule has 1 unspecified atom stereocenters. The van der Waals surface area contributed by atoms with E-state index in [1.807, 2.05) is 6.19 Å². The number of benzene rings is 1. The minimum absolute atomic E-state index is 0.263. The van der Waals surface area contributed by atoms with Crippen LogP contribution in [0.5, 0.6) is 5.75 Å². The van der Waals surface area contributed by atoms with Crippen LogP contribution in [0.25, 0.3) is 0 Å². The Balaban J connectivity index is 2.25. The van der Waals surface area contributed by atoms with Gasteiger partial charge in [0.15, 0.2) is 6.19 Å². The average molecular weight is 252 g/mol. The van der Waals surface area contributed by atoms with Crippen LogP contribution in [0.3, 0.4) is 0 Å². The Hall–Kier alpha value is -1.93. The van der Waals surface area contributed by atoms with E-state index in [4.69, 9.17) is 21.6 Å². The summed E-state index contributed by atoms with van der Waals surface area (Å²) >= 11 is 6.09. The molecule has 1 fully saturated rings. The summed E-state index contributed by atoms with van der Waals surface area (Å²) in [5.74, 6) is 0.653. The highest BCUT2D eigenvalue weighted by molar-refractivity contribution is 6.31. The van der Waals surface area contributed by atoms with Crippen LogP contribution in [-0.4, -0.2) is 24.6 Å². The summed E-state index contributed by atoms with van der Waals surface area (Å²) in [6.07, 6.45) is 1.81. The Bertz CT molecular complexity index is 498. The zero-order chi connectivity index (χ0) is 12.4. The van der Waals surface area contributed by atoms with Crippen molar-refractivity contribution < 1.29 is 9.53 Å². The van der Waals surface area contributed by atoms with Crippen LogP contribution in [-0.2, 0) is 0 Å². The molecular weight excluding hydrogens is 242 g/mol. The van der Waals surface area contributed by atoms with E-state index in [0.717, 1.165) is 10.5 Å². The second-order valence-corrected chi connectivity index (χ2v) is 4.01. The quantitative estimate of drug-likeness (QED) is 0.817. The summed E-state index contributed by atoms with van der Waals surface area (Å²) < 4.78 is 5.04. The summed E-state index contributed by atoms with van der Waals surface area (Å²) in [6, 6.07) is 4.57. The third-order valence-corrected chi connectivity index (χ3v) is 2.94. The first-order chi connectivity index (χ1) is 8.15. The fourth-order valence-corrected chi connectivity index (χ4v) is 2.02. The molecule has 0 radical (unpaired) electrons. The van der Waals surface area contributed by atoms with Gasteiger partial charge in [0.25, 0.3) is 0 Å². The van der Waals surface area contributed by atoms with Gasteiger partial charge in [0, 0.05) is 5.02 Å². The summed E-state index contributed by atoms with van der Waals surface area (Å²) in [4.78, 5) is 12.4. The molecule has 6 heteroatoms. The Labute approximate surface area is 104 Å². The minimum atomic E-state index is -0.399. The fraction of sp³-hybridized carbons (Fsp3) is 0.273. The highest BCUT2D eigenvalue weighted by Gasteiger charge is 2.30. The van der Waals surface area contributed by atoms with E-state index >= 15 is 0 Å². The van der Waals surface area contributed by atoms with Gasteiger partial charge in [0.2, 0.25) is 0 Å². The maximum absolute atomic E-state index is 11.3. The molecular formula is C11H10ClN3O2. The first kappa shape index (κ1) is 11.6. The molecule has 1 atom stereocenters. The molecule has 2 rings (SSSR count). The van der Waals surface area contributed by atoms with E-state index in [9.17, 15) is 4.79 Å². The lowest BCUT2D eigenvalue weighted by Gasteiger charge is -2.12. The molecule has 0 aromatic heterocycles. The van der Waals surface area contributed by atoms with Gasteiger partial charge >= 0.3 is 6.03 Å². The lowest BCUT2D eigenvalue weighted by molar-refractivity contribution is 0.232. The number of ether oxygens (including phenoxy) is 1. The van der Waals surface area contributed by atoms with Crippen LogP contribution in [0.15, 0.2) is 18.2 Å². The number of carbonyl (C=O) groups excluding carboxylic acids is 1. The lowest BCUT2D eigenvalue weighted by atomic mass is 10.1. The van der Waals surface area contributed by atoms with Gasteiger partial charge in [0.05, 0.1) is 19.7 Å². The number of carbonyl (C=O) groups is 1. The minimum Gasteiger partial charge on any atom is -0.497 e. The van der Waals surface area contributed by atoms with Crippen molar-refractivity contribution in [2.45, 2.75) is 6.04 Å². The maximum Gasteiger partial charge on any atom is 0.331 e. The Morgan fingerprint density at radius 1 is 1.65 bits per heavy atom. The first-order valence-corrected chi connectivity index (χ1v) is 5.34. The van der Waals surface area contributed by atoms with Gasteiger partial charge in [-0.05, 0) is 17.7 Å². The molecule has 5 nitrogen and oxygen atoms in total. The van der Waals surface area contributed by atoms with Crippen molar-refractivity contribution in [2.24, 2.45) is 0 Å². The first-order valence-electron chi connectivity index (χ1n) is 4.97. The third kappa shape index (κ3) is 2.12. The number of nitrogens with one attached hydrogen (secondary N) is 1. The van der Waals surface area contributed by atoms with Crippen LogP contribution in [0.2, 0.25) is 5.02 Å². The summed E-state index contributed by atoms with van der Waals surface area (Å²) in [7, 11) is 1.56. The van der Waals surface area contributed by atoms with Crippen LogP contribution < -0.4 is 10.1 Å². The molecule has 0 aliphatic carbocycles. The Kier molecular flexibility index (Phi) is 3.07. The number of urea groups is 1. The maximum atomic E-state index is 11.3. The number of amides is 2. The summed E-state index contributed by atoms with van der Waals surface area (Å²) in [5.41, 5.74) is 0.776. The van der Waals surface area contributed by atoms with E-state index in [1.165, 1.54) is 0 Å². The lowest BCUT2D eigenvalue weighted by Crippen LogP contribution is -2.23. The summed E-state index contributed by atoms with van der Waals surface area (Å²) in [6.45, 7) is 0.293. The molecule has 0 spiro atoms. The molecule has 1 saturated heterocycles. The van der Waals surface area contributed by atoms with E-state index < -0.39 is 6.03 Å². The molecule has 1 aromatic carbocycles. The molecule has 1 aliphatic heterocycles. The van der Waals surface area contributed by atoms with Crippen molar-refractivity contribution in [1.29, 1.82) is 5.26 Å². The fourth-order valence-electron chi connectivity index (χ4n) is 1.72. The average Bonchev–Trinajstić information content (AvgIpc) is 2.70. The predicted molar refractivity (Wildman–Crippen MR) is 61.6 cm³/mol. The summed E-state index contributed by atoms with van der Waals surface area (Å²) in [5, 5.41) is 11.9. The van der Waals surface area contributed by atoms with Crippen molar-refractivity contribution in [3.8, 4) is 11.9 Å². The van der Waals surface area contributed by atoms with Gasteiger partial charge in [-0.3, -0.25) is 0 Å². The molecule has 0 saturated carbocycles. The molecule has 2 amide bonds.